The van der Waals surface area contributed by atoms with Crippen molar-refractivity contribution in [1.29, 1.82) is 0 Å². The Morgan fingerprint density at radius 2 is 1.75 bits per heavy atom. The van der Waals surface area contributed by atoms with Gasteiger partial charge in [0.15, 0.2) is 0 Å². The molecule has 0 unspecified atom stereocenters. The molecule has 0 fully saturated rings. The number of benzene rings is 2. The highest BCUT2D eigenvalue weighted by Gasteiger charge is 2.03. The van der Waals surface area contributed by atoms with E-state index in [4.69, 9.17) is 4.74 Å². The quantitative estimate of drug-likeness (QED) is 0.780. The van der Waals surface area contributed by atoms with Crippen LogP contribution in [0, 0.1) is 0 Å². The first-order valence-electron chi connectivity index (χ1n) is 6.53. The summed E-state index contributed by atoms with van der Waals surface area (Å²) in [6.45, 7) is 0. The SMILES string of the molecule is COC(=O)CCc1ccc(-c2cccc(OC)c2)cc1. The van der Waals surface area contributed by atoms with Crippen LogP contribution in [0.2, 0.25) is 0 Å². The fourth-order valence-electron chi connectivity index (χ4n) is 2.01. The number of hydrogen-bond acceptors (Lipinski definition) is 3. The summed E-state index contributed by atoms with van der Waals surface area (Å²) >= 11 is 0. The van der Waals surface area contributed by atoms with Crippen LogP contribution in [0.1, 0.15) is 12.0 Å². The predicted molar refractivity (Wildman–Crippen MR) is 78.8 cm³/mol. The minimum Gasteiger partial charge on any atom is -0.497 e. The molecular weight excluding hydrogens is 252 g/mol. The molecule has 0 saturated carbocycles. The van der Waals surface area contributed by atoms with E-state index in [1.54, 1.807) is 7.11 Å². The molecule has 0 N–H and O–H groups in total. The first kappa shape index (κ1) is 14.1. The Kier molecular flexibility index (Phi) is 4.77. The second-order valence-corrected chi connectivity index (χ2v) is 4.51. The van der Waals surface area contributed by atoms with E-state index in [0.29, 0.717) is 12.8 Å². The molecule has 0 heterocycles. The second-order valence-electron chi connectivity index (χ2n) is 4.51. The van der Waals surface area contributed by atoms with Crippen LogP contribution in [-0.4, -0.2) is 20.2 Å². The number of hydrogen-bond donors (Lipinski definition) is 0. The molecule has 20 heavy (non-hydrogen) atoms. The molecule has 0 spiro atoms. The van der Waals surface area contributed by atoms with E-state index in [9.17, 15) is 4.79 Å². The lowest BCUT2D eigenvalue weighted by molar-refractivity contribution is -0.140. The lowest BCUT2D eigenvalue weighted by atomic mass is 10.0. The molecule has 104 valence electrons. The van der Waals surface area contributed by atoms with Gasteiger partial charge in [-0.15, -0.1) is 0 Å². The Bertz CT molecular complexity index is 573. The van der Waals surface area contributed by atoms with Gasteiger partial charge in [0.2, 0.25) is 0 Å². The first-order valence-corrected chi connectivity index (χ1v) is 6.53. The smallest absolute Gasteiger partial charge is 0.305 e. The van der Waals surface area contributed by atoms with Gasteiger partial charge in [-0.2, -0.15) is 0 Å². The van der Waals surface area contributed by atoms with Crippen LogP contribution in [-0.2, 0) is 16.0 Å². The van der Waals surface area contributed by atoms with Crippen LogP contribution in [0.15, 0.2) is 48.5 Å². The van der Waals surface area contributed by atoms with Crippen LogP contribution < -0.4 is 4.74 Å². The third kappa shape index (κ3) is 3.60. The van der Waals surface area contributed by atoms with Gasteiger partial charge in [0, 0.05) is 6.42 Å². The van der Waals surface area contributed by atoms with Crippen LogP contribution in [0.25, 0.3) is 11.1 Å². The third-order valence-corrected chi connectivity index (χ3v) is 3.20. The molecule has 2 rings (SSSR count). The van der Waals surface area contributed by atoms with Crippen LogP contribution in [0.5, 0.6) is 5.75 Å². The zero-order valence-electron chi connectivity index (χ0n) is 11.8. The average molecular weight is 270 g/mol. The van der Waals surface area contributed by atoms with Gasteiger partial charge in [-0.25, -0.2) is 0 Å². The molecule has 0 aromatic heterocycles. The predicted octanol–water partition coefficient (Wildman–Crippen LogP) is 3.47. The van der Waals surface area contributed by atoms with Crippen molar-refractivity contribution >= 4 is 5.97 Å². The Hall–Kier alpha value is -2.29. The molecule has 0 aliphatic heterocycles. The molecule has 0 bridgehead atoms. The van der Waals surface area contributed by atoms with Crippen molar-refractivity contribution < 1.29 is 14.3 Å². The summed E-state index contributed by atoms with van der Waals surface area (Å²) in [7, 11) is 3.07. The topological polar surface area (TPSA) is 35.5 Å². The Morgan fingerprint density at radius 3 is 2.40 bits per heavy atom. The minimum atomic E-state index is -0.179. The lowest BCUT2D eigenvalue weighted by Gasteiger charge is -2.06. The van der Waals surface area contributed by atoms with Crippen molar-refractivity contribution in [1.82, 2.24) is 0 Å². The highest BCUT2D eigenvalue weighted by molar-refractivity contribution is 5.69. The molecule has 2 aromatic carbocycles. The molecule has 0 radical (unpaired) electrons. The normalized spacial score (nSPS) is 10.1. The van der Waals surface area contributed by atoms with E-state index in [2.05, 4.69) is 16.9 Å². The highest BCUT2D eigenvalue weighted by Crippen LogP contribution is 2.24. The van der Waals surface area contributed by atoms with E-state index < -0.39 is 0 Å². The molecule has 3 heteroatoms. The Balaban J connectivity index is 2.09. The van der Waals surface area contributed by atoms with E-state index in [-0.39, 0.29) is 5.97 Å². The monoisotopic (exact) mass is 270 g/mol. The first-order chi connectivity index (χ1) is 9.72. The standard InChI is InChI=1S/C17H18O3/c1-19-16-5-3-4-15(12-16)14-9-6-13(7-10-14)8-11-17(18)20-2/h3-7,9-10,12H,8,11H2,1-2H3. The molecule has 0 amide bonds. The summed E-state index contributed by atoms with van der Waals surface area (Å²) in [6, 6.07) is 16.1. The lowest BCUT2D eigenvalue weighted by Crippen LogP contribution is -2.01. The van der Waals surface area contributed by atoms with Crippen molar-refractivity contribution in [3.05, 3.63) is 54.1 Å². The summed E-state index contributed by atoms with van der Waals surface area (Å²) in [6.07, 6.45) is 1.11. The van der Waals surface area contributed by atoms with Gasteiger partial charge in [-0.1, -0.05) is 36.4 Å². The van der Waals surface area contributed by atoms with Gasteiger partial charge < -0.3 is 9.47 Å². The number of methoxy groups -OCH3 is 2. The molecule has 0 atom stereocenters. The van der Waals surface area contributed by atoms with E-state index in [1.807, 2.05) is 36.4 Å². The van der Waals surface area contributed by atoms with Crippen molar-refractivity contribution in [2.24, 2.45) is 0 Å². The highest BCUT2D eigenvalue weighted by atomic mass is 16.5. The van der Waals surface area contributed by atoms with Crippen molar-refractivity contribution in [3.8, 4) is 16.9 Å². The number of aryl methyl sites for hydroxylation is 1. The molecule has 3 nitrogen and oxygen atoms in total. The Labute approximate surface area is 119 Å². The number of rotatable bonds is 5. The maximum Gasteiger partial charge on any atom is 0.305 e. The van der Waals surface area contributed by atoms with Crippen molar-refractivity contribution in [3.63, 3.8) is 0 Å². The summed E-state index contributed by atoms with van der Waals surface area (Å²) < 4.78 is 9.86. The summed E-state index contributed by atoms with van der Waals surface area (Å²) in [4.78, 5) is 11.1. The summed E-state index contributed by atoms with van der Waals surface area (Å²) in [5.74, 6) is 0.666. The number of carbonyl (C=O) groups excluding carboxylic acids is 1. The molecule has 0 aliphatic carbocycles. The maximum atomic E-state index is 11.1. The largest absolute Gasteiger partial charge is 0.497 e. The zero-order valence-corrected chi connectivity index (χ0v) is 11.8. The van der Waals surface area contributed by atoms with E-state index >= 15 is 0 Å². The third-order valence-electron chi connectivity index (χ3n) is 3.20. The van der Waals surface area contributed by atoms with Gasteiger partial charge in [0.1, 0.15) is 5.75 Å². The van der Waals surface area contributed by atoms with Crippen molar-refractivity contribution in [2.45, 2.75) is 12.8 Å². The fourth-order valence-corrected chi connectivity index (χ4v) is 2.01. The maximum absolute atomic E-state index is 11.1. The van der Waals surface area contributed by atoms with E-state index in [0.717, 1.165) is 22.4 Å². The van der Waals surface area contributed by atoms with Gasteiger partial charge >= 0.3 is 5.97 Å². The minimum absolute atomic E-state index is 0.179. The number of carbonyl (C=O) groups is 1. The average Bonchev–Trinajstić information content (AvgIpc) is 2.53. The number of esters is 1. The Morgan fingerprint density at radius 1 is 1.00 bits per heavy atom. The molecule has 0 saturated heterocycles. The fraction of sp³-hybridized carbons (Fsp3) is 0.235. The molecule has 2 aromatic rings. The summed E-state index contributed by atoms with van der Waals surface area (Å²) in [5, 5.41) is 0. The zero-order chi connectivity index (χ0) is 14.4. The van der Waals surface area contributed by atoms with Crippen LogP contribution >= 0.6 is 0 Å². The van der Waals surface area contributed by atoms with Gasteiger partial charge in [0.05, 0.1) is 14.2 Å². The van der Waals surface area contributed by atoms with Crippen molar-refractivity contribution in [2.75, 3.05) is 14.2 Å². The second kappa shape index (κ2) is 6.75. The van der Waals surface area contributed by atoms with Crippen LogP contribution in [0.3, 0.4) is 0 Å². The van der Waals surface area contributed by atoms with Crippen LogP contribution in [0.4, 0.5) is 0 Å². The summed E-state index contributed by atoms with van der Waals surface area (Å²) in [5.41, 5.74) is 3.37. The molecule has 0 aliphatic rings. The molecular formula is C17H18O3. The van der Waals surface area contributed by atoms with Gasteiger partial charge in [-0.05, 0) is 35.2 Å². The van der Waals surface area contributed by atoms with E-state index in [1.165, 1.54) is 7.11 Å². The van der Waals surface area contributed by atoms with Gasteiger partial charge in [-0.3, -0.25) is 4.79 Å². The number of ether oxygens (including phenoxy) is 2. The van der Waals surface area contributed by atoms with Gasteiger partial charge in [0.25, 0.3) is 0 Å².